The van der Waals surface area contributed by atoms with Crippen molar-refractivity contribution >= 4 is 17.7 Å². The molecule has 2 heterocycles. The summed E-state index contributed by atoms with van der Waals surface area (Å²) in [5.41, 5.74) is 4.31. The van der Waals surface area contributed by atoms with Crippen molar-refractivity contribution in [2.24, 2.45) is 0 Å². The number of rotatable bonds is 5. The zero-order valence-electron chi connectivity index (χ0n) is 13.8. The fourth-order valence-corrected chi connectivity index (χ4v) is 3.46. The molecule has 0 atom stereocenters. The average molecular weight is 342 g/mol. The van der Waals surface area contributed by atoms with Gasteiger partial charge in [-0.1, -0.05) is 29.5 Å². The predicted octanol–water partition coefficient (Wildman–Crippen LogP) is 4.16. The minimum absolute atomic E-state index is 0.245. The van der Waals surface area contributed by atoms with Crippen LogP contribution in [0.2, 0.25) is 0 Å². The molecule has 0 radical (unpaired) electrons. The number of thioether (sulfide) groups is 1. The summed E-state index contributed by atoms with van der Waals surface area (Å²) < 4.78 is 12.0. The van der Waals surface area contributed by atoms with Crippen LogP contribution in [0.1, 0.15) is 27.2 Å². The summed E-state index contributed by atoms with van der Waals surface area (Å²) in [5, 5.41) is 0.860. The topological polar surface area (TPSA) is 57.3 Å². The highest BCUT2D eigenvalue weighted by Gasteiger charge is 2.17. The number of carbonyl (C=O) groups is 1. The first-order chi connectivity index (χ1) is 11.6. The van der Waals surface area contributed by atoms with Gasteiger partial charge in [0, 0.05) is 23.7 Å². The molecule has 3 aromatic rings. The maximum Gasteiger partial charge on any atom is 0.374 e. The van der Waals surface area contributed by atoms with Gasteiger partial charge in [-0.3, -0.25) is 4.57 Å². The molecule has 0 bridgehead atoms. The molecule has 0 N–H and O–H groups in total. The predicted molar refractivity (Wildman–Crippen MR) is 92.6 cm³/mol. The SMILES string of the molecule is COC(=O)c1occc1CSc1nccn1-c1ccc(C)cc1C. The third kappa shape index (κ3) is 3.23. The molecule has 1 aromatic carbocycles. The van der Waals surface area contributed by atoms with Crippen LogP contribution in [0.5, 0.6) is 0 Å². The number of benzene rings is 1. The molecule has 0 unspecified atom stereocenters. The minimum atomic E-state index is -0.465. The number of hydrogen-bond acceptors (Lipinski definition) is 5. The van der Waals surface area contributed by atoms with E-state index in [1.54, 1.807) is 24.0 Å². The van der Waals surface area contributed by atoms with Crippen LogP contribution in [-0.2, 0) is 10.5 Å². The van der Waals surface area contributed by atoms with Crippen molar-refractivity contribution in [2.45, 2.75) is 24.8 Å². The molecule has 2 aromatic heterocycles. The molecule has 0 saturated heterocycles. The molecule has 24 heavy (non-hydrogen) atoms. The molecular formula is C18H18N2O3S. The Balaban J connectivity index is 1.82. The molecule has 0 amide bonds. The number of methoxy groups -OCH3 is 1. The fraction of sp³-hybridized carbons (Fsp3) is 0.222. The van der Waals surface area contributed by atoms with E-state index in [0.717, 1.165) is 16.4 Å². The molecular weight excluding hydrogens is 324 g/mol. The molecule has 5 nitrogen and oxygen atoms in total. The molecule has 0 aliphatic carbocycles. The second-order valence-electron chi connectivity index (χ2n) is 5.42. The number of esters is 1. The first-order valence-electron chi connectivity index (χ1n) is 7.48. The fourth-order valence-electron chi connectivity index (χ4n) is 2.52. The third-order valence-electron chi connectivity index (χ3n) is 3.69. The van der Waals surface area contributed by atoms with Gasteiger partial charge in [0.2, 0.25) is 5.76 Å². The lowest BCUT2D eigenvalue weighted by Crippen LogP contribution is -2.03. The Hall–Kier alpha value is -2.47. The standard InChI is InChI=1S/C18H18N2O3S/c1-12-4-5-15(13(2)10-12)20-8-7-19-18(20)24-11-14-6-9-23-16(14)17(21)22-3/h4-10H,11H2,1-3H3. The van der Waals surface area contributed by atoms with E-state index >= 15 is 0 Å². The second-order valence-corrected chi connectivity index (χ2v) is 6.37. The quantitative estimate of drug-likeness (QED) is 0.515. The monoisotopic (exact) mass is 342 g/mol. The lowest BCUT2D eigenvalue weighted by atomic mass is 10.1. The van der Waals surface area contributed by atoms with Crippen LogP contribution in [0, 0.1) is 13.8 Å². The number of imidazole rings is 1. The van der Waals surface area contributed by atoms with Crippen molar-refractivity contribution < 1.29 is 13.9 Å². The Morgan fingerprint density at radius 3 is 2.92 bits per heavy atom. The zero-order chi connectivity index (χ0) is 17.1. The van der Waals surface area contributed by atoms with Gasteiger partial charge in [-0.05, 0) is 31.5 Å². The first kappa shape index (κ1) is 16.4. The van der Waals surface area contributed by atoms with Crippen molar-refractivity contribution in [1.82, 2.24) is 9.55 Å². The molecule has 6 heteroatoms. The highest BCUT2D eigenvalue weighted by molar-refractivity contribution is 7.98. The normalized spacial score (nSPS) is 10.8. The van der Waals surface area contributed by atoms with Gasteiger partial charge in [0.1, 0.15) is 0 Å². The second kappa shape index (κ2) is 6.97. The van der Waals surface area contributed by atoms with Crippen LogP contribution in [0.4, 0.5) is 0 Å². The molecule has 124 valence electrons. The van der Waals surface area contributed by atoms with Gasteiger partial charge in [-0.15, -0.1) is 0 Å². The van der Waals surface area contributed by atoms with Crippen molar-refractivity contribution in [1.29, 1.82) is 0 Å². The summed E-state index contributed by atoms with van der Waals surface area (Å²) in [6, 6.07) is 8.11. The summed E-state index contributed by atoms with van der Waals surface area (Å²) in [6.07, 6.45) is 5.22. The molecule has 0 spiro atoms. The van der Waals surface area contributed by atoms with Crippen LogP contribution < -0.4 is 0 Å². The largest absolute Gasteiger partial charge is 0.463 e. The molecule has 0 fully saturated rings. The van der Waals surface area contributed by atoms with E-state index < -0.39 is 5.97 Å². The lowest BCUT2D eigenvalue weighted by molar-refractivity contribution is 0.0564. The van der Waals surface area contributed by atoms with Crippen LogP contribution in [0.25, 0.3) is 5.69 Å². The minimum Gasteiger partial charge on any atom is -0.463 e. The number of aromatic nitrogens is 2. The Bertz CT molecular complexity index is 867. The molecule has 3 rings (SSSR count). The van der Waals surface area contributed by atoms with Crippen molar-refractivity contribution in [2.75, 3.05) is 7.11 Å². The Labute approximate surface area is 144 Å². The van der Waals surface area contributed by atoms with Crippen molar-refractivity contribution in [3.05, 3.63) is 65.4 Å². The maximum atomic E-state index is 11.7. The third-order valence-corrected chi connectivity index (χ3v) is 4.71. The number of carbonyl (C=O) groups excluding carboxylic acids is 1. The molecule has 0 aliphatic heterocycles. The summed E-state index contributed by atoms with van der Waals surface area (Å²) in [7, 11) is 1.34. The smallest absolute Gasteiger partial charge is 0.374 e. The van der Waals surface area contributed by atoms with Gasteiger partial charge in [0.25, 0.3) is 0 Å². The number of hydrogen-bond donors (Lipinski definition) is 0. The highest BCUT2D eigenvalue weighted by Crippen LogP contribution is 2.27. The van der Waals surface area contributed by atoms with Crippen LogP contribution in [0.15, 0.2) is 52.5 Å². The van der Waals surface area contributed by atoms with Gasteiger partial charge in [-0.2, -0.15) is 0 Å². The van der Waals surface area contributed by atoms with Crippen LogP contribution in [-0.4, -0.2) is 22.6 Å². The highest BCUT2D eigenvalue weighted by atomic mass is 32.2. The summed E-state index contributed by atoms with van der Waals surface area (Å²) in [6.45, 7) is 4.16. The zero-order valence-corrected chi connectivity index (χ0v) is 14.6. The van der Waals surface area contributed by atoms with Gasteiger partial charge in [0.15, 0.2) is 5.16 Å². The Morgan fingerprint density at radius 2 is 2.17 bits per heavy atom. The van der Waals surface area contributed by atoms with E-state index in [0.29, 0.717) is 5.75 Å². The summed E-state index contributed by atoms with van der Waals surface area (Å²) in [4.78, 5) is 16.1. The summed E-state index contributed by atoms with van der Waals surface area (Å²) in [5.74, 6) is 0.353. The molecule has 0 aliphatic rings. The Kier molecular flexibility index (Phi) is 4.76. The molecule has 0 saturated carbocycles. The van der Waals surface area contributed by atoms with E-state index in [1.165, 1.54) is 24.5 Å². The summed E-state index contributed by atoms with van der Waals surface area (Å²) >= 11 is 1.55. The number of furan rings is 1. The van der Waals surface area contributed by atoms with E-state index in [4.69, 9.17) is 9.15 Å². The van der Waals surface area contributed by atoms with E-state index in [1.807, 2.05) is 6.20 Å². The average Bonchev–Trinajstić information content (AvgIpc) is 3.21. The number of aryl methyl sites for hydroxylation is 2. The first-order valence-corrected chi connectivity index (χ1v) is 8.47. The lowest BCUT2D eigenvalue weighted by Gasteiger charge is -2.11. The van der Waals surface area contributed by atoms with E-state index in [-0.39, 0.29) is 5.76 Å². The van der Waals surface area contributed by atoms with E-state index in [9.17, 15) is 4.79 Å². The number of ether oxygens (including phenoxy) is 1. The van der Waals surface area contributed by atoms with Crippen LogP contribution in [0.3, 0.4) is 0 Å². The number of nitrogens with zero attached hydrogens (tertiary/aromatic N) is 2. The van der Waals surface area contributed by atoms with Crippen molar-refractivity contribution in [3.63, 3.8) is 0 Å². The van der Waals surface area contributed by atoms with Gasteiger partial charge < -0.3 is 9.15 Å². The Morgan fingerprint density at radius 1 is 1.33 bits per heavy atom. The van der Waals surface area contributed by atoms with Gasteiger partial charge >= 0.3 is 5.97 Å². The van der Waals surface area contributed by atoms with Gasteiger partial charge in [0.05, 0.1) is 19.1 Å². The van der Waals surface area contributed by atoms with Crippen LogP contribution >= 0.6 is 11.8 Å². The maximum absolute atomic E-state index is 11.7. The van der Waals surface area contributed by atoms with E-state index in [2.05, 4.69) is 41.6 Å². The van der Waals surface area contributed by atoms with Gasteiger partial charge in [-0.25, -0.2) is 9.78 Å². The van der Waals surface area contributed by atoms with Crippen molar-refractivity contribution in [3.8, 4) is 5.69 Å².